The van der Waals surface area contributed by atoms with Gasteiger partial charge in [-0.2, -0.15) is 0 Å². The van der Waals surface area contributed by atoms with E-state index in [9.17, 15) is 19.2 Å². The number of aromatic nitrogens is 1. The molecular formula is C19H22N2O5. The van der Waals surface area contributed by atoms with Crippen LogP contribution in [0.1, 0.15) is 51.9 Å². The van der Waals surface area contributed by atoms with Crippen LogP contribution >= 0.6 is 0 Å². The topological polar surface area (TPSA) is 96.5 Å². The Morgan fingerprint density at radius 3 is 2.27 bits per heavy atom. The predicted octanol–water partition coefficient (Wildman–Crippen LogP) is 1.94. The van der Waals surface area contributed by atoms with Crippen LogP contribution in [0.3, 0.4) is 0 Å². The Bertz CT molecular complexity index is 794. The fraction of sp³-hybridized carbons (Fsp3) is 0.474. The Balaban J connectivity index is 1.81. The SMILES string of the molecule is CCOC(=O)c1c(C)[nH]c(C(=O)CN2C(=O)[C@@H]3CC=CC[C@H]3C2=O)c1C. The number of aryl methyl sites for hydroxylation is 1. The molecule has 0 saturated carbocycles. The monoisotopic (exact) mass is 358 g/mol. The first-order valence-corrected chi connectivity index (χ1v) is 8.76. The van der Waals surface area contributed by atoms with Gasteiger partial charge in [-0.15, -0.1) is 0 Å². The van der Waals surface area contributed by atoms with E-state index in [-0.39, 0.29) is 42.5 Å². The largest absolute Gasteiger partial charge is 0.462 e. The average molecular weight is 358 g/mol. The van der Waals surface area contributed by atoms with Gasteiger partial charge in [0.1, 0.15) is 0 Å². The van der Waals surface area contributed by atoms with Gasteiger partial charge in [0.15, 0.2) is 5.78 Å². The molecule has 1 aromatic heterocycles. The molecule has 0 radical (unpaired) electrons. The van der Waals surface area contributed by atoms with Crippen molar-refractivity contribution in [2.75, 3.05) is 13.2 Å². The molecule has 0 unspecified atom stereocenters. The van der Waals surface area contributed by atoms with Gasteiger partial charge in [-0.1, -0.05) is 12.2 Å². The van der Waals surface area contributed by atoms with Crippen molar-refractivity contribution in [3.63, 3.8) is 0 Å². The minimum Gasteiger partial charge on any atom is -0.462 e. The Hall–Kier alpha value is -2.70. The van der Waals surface area contributed by atoms with E-state index in [0.717, 1.165) is 4.90 Å². The summed E-state index contributed by atoms with van der Waals surface area (Å²) in [5.74, 6) is -2.19. The van der Waals surface area contributed by atoms with Crippen LogP contribution in [0.15, 0.2) is 12.2 Å². The van der Waals surface area contributed by atoms with E-state index in [2.05, 4.69) is 4.98 Å². The third-order valence-corrected chi connectivity index (χ3v) is 5.10. The molecule has 3 rings (SSSR count). The predicted molar refractivity (Wildman–Crippen MR) is 92.6 cm³/mol. The highest BCUT2D eigenvalue weighted by molar-refractivity contribution is 6.10. The third-order valence-electron chi connectivity index (χ3n) is 5.10. The van der Waals surface area contributed by atoms with Crippen LogP contribution in [-0.4, -0.2) is 46.6 Å². The maximum absolute atomic E-state index is 12.7. The summed E-state index contributed by atoms with van der Waals surface area (Å²) in [6.07, 6.45) is 4.88. The van der Waals surface area contributed by atoms with Crippen LogP contribution in [-0.2, 0) is 14.3 Å². The highest BCUT2D eigenvalue weighted by atomic mass is 16.5. The first-order valence-electron chi connectivity index (χ1n) is 8.76. The van der Waals surface area contributed by atoms with Gasteiger partial charge in [0.25, 0.3) is 0 Å². The molecule has 1 aliphatic heterocycles. The number of likely N-dealkylation sites (tertiary alicyclic amines) is 1. The molecule has 1 N–H and O–H groups in total. The molecular weight excluding hydrogens is 336 g/mol. The number of ether oxygens (including phenoxy) is 1. The second-order valence-electron chi connectivity index (χ2n) is 6.69. The maximum Gasteiger partial charge on any atom is 0.340 e. The number of imide groups is 1. The quantitative estimate of drug-likeness (QED) is 0.375. The van der Waals surface area contributed by atoms with E-state index < -0.39 is 11.8 Å². The second kappa shape index (κ2) is 6.90. The van der Waals surface area contributed by atoms with E-state index in [1.165, 1.54) is 0 Å². The molecule has 1 aliphatic carbocycles. The highest BCUT2D eigenvalue weighted by Crippen LogP contribution is 2.35. The van der Waals surface area contributed by atoms with E-state index in [4.69, 9.17) is 4.74 Å². The van der Waals surface area contributed by atoms with Crippen molar-refractivity contribution in [3.8, 4) is 0 Å². The summed E-state index contributed by atoms with van der Waals surface area (Å²) in [5.41, 5.74) is 1.57. The van der Waals surface area contributed by atoms with E-state index in [1.54, 1.807) is 20.8 Å². The first-order chi connectivity index (χ1) is 12.4. The van der Waals surface area contributed by atoms with Crippen LogP contribution in [0.25, 0.3) is 0 Å². The van der Waals surface area contributed by atoms with Gasteiger partial charge in [-0.05, 0) is 39.2 Å². The van der Waals surface area contributed by atoms with Gasteiger partial charge in [0, 0.05) is 5.69 Å². The molecule has 7 nitrogen and oxygen atoms in total. The Labute approximate surface area is 151 Å². The molecule has 138 valence electrons. The number of esters is 1. The van der Waals surface area contributed by atoms with Crippen LogP contribution in [0.2, 0.25) is 0 Å². The molecule has 26 heavy (non-hydrogen) atoms. The average Bonchev–Trinajstić information content (AvgIpc) is 3.04. The number of hydrogen-bond acceptors (Lipinski definition) is 5. The van der Waals surface area contributed by atoms with Crippen molar-refractivity contribution >= 4 is 23.6 Å². The number of rotatable bonds is 5. The summed E-state index contributed by atoms with van der Waals surface area (Å²) in [7, 11) is 0. The third kappa shape index (κ3) is 2.87. The fourth-order valence-corrected chi connectivity index (χ4v) is 3.79. The standard InChI is InChI=1S/C19H22N2O5/c1-4-26-19(25)15-10(2)16(20-11(15)3)14(22)9-21-17(23)12-7-5-6-8-13(12)18(21)24/h5-6,12-13,20H,4,7-9H2,1-3H3/t12-,13-/m1/s1. The Kier molecular flexibility index (Phi) is 4.80. The van der Waals surface area contributed by atoms with Crippen LogP contribution in [0.5, 0.6) is 0 Å². The zero-order valence-corrected chi connectivity index (χ0v) is 15.1. The number of fused-ring (bicyclic) bond motifs is 1. The van der Waals surface area contributed by atoms with E-state index >= 15 is 0 Å². The van der Waals surface area contributed by atoms with Crippen LogP contribution in [0.4, 0.5) is 0 Å². The van der Waals surface area contributed by atoms with Crippen molar-refractivity contribution in [1.29, 1.82) is 0 Å². The molecule has 2 heterocycles. The number of nitrogens with one attached hydrogen (secondary N) is 1. The van der Waals surface area contributed by atoms with Crippen molar-refractivity contribution in [1.82, 2.24) is 9.88 Å². The molecule has 0 spiro atoms. The number of allylic oxidation sites excluding steroid dienone is 2. The summed E-state index contributed by atoms with van der Waals surface area (Å²) in [6, 6.07) is 0. The zero-order valence-electron chi connectivity index (χ0n) is 15.1. The number of amides is 2. The lowest BCUT2D eigenvalue weighted by Gasteiger charge is -2.14. The molecule has 0 bridgehead atoms. The van der Waals surface area contributed by atoms with Crippen molar-refractivity contribution in [3.05, 3.63) is 34.7 Å². The number of Topliss-reactive ketones (excluding diaryl/α,β-unsaturated/α-hetero) is 1. The second-order valence-corrected chi connectivity index (χ2v) is 6.69. The molecule has 2 atom stereocenters. The number of H-pyrrole nitrogens is 1. The summed E-state index contributed by atoms with van der Waals surface area (Å²) in [6.45, 7) is 4.97. The number of hydrogen-bond donors (Lipinski definition) is 1. The highest BCUT2D eigenvalue weighted by Gasteiger charge is 2.47. The number of carbonyl (C=O) groups is 4. The normalized spacial score (nSPS) is 21.9. The van der Waals surface area contributed by atoms with Crippen LogP contribution < -0.4 is 0 Å². The van der Waals surface area contributed by atoms with Gasteiger partial charge in [-0.3, -0.25) is 19.3 Å². The maximum atomic E-state index is 12.7. The number of nitrogens with zero attached hydrogens (tertiary/aromatic N) is 1. The van der Waals surface area contributed by atoms with Gasteiger partial charge in [-0.25, -0.2) is 4.79 Å². The van der Waals surface area contributed by atoms with Gasteiger partial charge in [0.2, 0.25) is 11.8 Å². The molecule has 0 aromatic carbocycles. The molecule has 7 heteroatoms. The molecule has 1 fully saturated rings. The zero-order chi connectivity index (χ0) is 19.0. The summed E-state index contributed by atoms with van der Waals surface area (Å²) in [4.78, 5) is 53.8. The lowest BCUT2D eigenvalue weighted by Crippen LogP contribution is -2.36. The van der Waals surface area contributed by atoms with E-state index in [1.807, 2.05) is 12.2 Å². The van der Waals surface area contributed by atoms with Crippen molar-refractivity contribution in [2.24, 2.45) is 11.8 Å². The van der Waals surface area contributed by atoms with Gasteiger partial charge >= 0.3 is 5.97 Å². The minimum absolute atomic E-state index is 0.235. The molecule has 2 aliphatic rings. The molecule has 1 aromatic rings. The Morgan fingerprint density at radius 1 is 1.15 bits per heavy atom. The lowest BCUT2D eigenvalue weighted by atomic mass is 9.85. The van der Waals surface area contributed by atoms with Crippen LogP contribution in [0, 0.1) is 25.7 Å². The number of aromatic amines is 1. The van der Waals surface area contributed by atoms with E-state index in [0.29, 0.717) is 29.7 Å². The minimum atomic E-state index is -0.497. The first kappa shape index (κ1) is 18.1. The Morgan fingerprint density at radius 2 is 1.73 bits per heavy atom. The van der Waals surface area contributed by atoms with Crippen molar-refractivity contribution in [2.45, 2.75) is 33.6 Å². The molecule has 2 amide bonds. The lowest BCUT2D eigenvalue weighted by molar-refractivity contribution is -0.139. The summed E-state index contributed by atoms with van der Waals surface area (Å²) in [5, 5.41) is 0. The summed E-state index contributed by atoms with van der Waals surface area (Å²) < 4.78 is 5.02. The number of ketones is 1. The van der Waals surface area contributed by atoms with Gasteiger partial charge < -0.3 is 9.72 Å². The molecule has 1 saturated heterocycles. The smallest absolute Gasteiger partial charge is 0.340 e. The van der Waals surface area contributed by atoms with Gasteiger partial charge in [0.05, 0.1) is 36.2 Å². The number of carbonyl (C=O) groups excluding carboxylic acids is 4. The fourth-order valence-electron chi connectivity index (χ4n) is 3.79. The summed E-state index contributed by atoms with van der Waals surface area (Å²) >= 11 is 0. The van der Waals surface area contributed by atoms with Crippen molar-refractivity contribution < 1.29 is 23.9 Å².